The second-order valence-corrected chi connectivity index (χ2v) is 11.4. The molecule has 1 rings (SSSR count). The summed E-state index contributed by atoms with van der Waals surface area (Å²) in [7, 11) is 0. The van der Waals surface area contributed by atoms with Gasteiger partial charge in [0.15, 0.2) is 0 Å². The molecule has 0 aromatic heterocycles. The zero-order chi connectivity index (χ0) is 28.2. The van der Waals surface area contributed by atoms with Crippen LogP contribution in [0, 0.1) is 6.92 Å². The number of unbranched alkanes of at least 4 members (excludes halogenated alkanes) is 2. The Balaban J connectivity index is 3.48. The van der Waals surface area contributed by atoms with E-state index in [0.29, 0.717) is 36.3 Å². The van der Waals surface area contributed by atoms with E-state index in [4.69, 9.17) is 4.74 Å². The molecule has 0 heterocycles. The summed E-state index contributed by atoms with van der Waals surface area (Å²) >= 11 is 1.57. The van der Waals surface area contributed by atoms with E-state index in [0.717, 1.165) is 19.3 Å². The van der Waals surface area contributed by atoms with Gasteiger partial charge >= 0.3 is 6.09 Å². The topological polar surface area (TPSA) is 108 Å². The maximum atomic E-state index is 14.1. The molecule has 3 amide bonds. The highest BCUT2D eigenvalue weighted by atomic mass is 32.2. The number of hydrogen-bond acceptors (Lipinski definition) is 6. The van der Waals surface area contributed by atoms with Gasteiger partial charge in [0.2, 0.25) is 11.8 Å². The Labute approximate surface area is 227 Å². The van der Waals surface area contributed by atoms with Crippen LogP contribution < -0.4 is 10.6 Å². The first kappa shape index (κ1) is 32.6. The van der Waals surface area contributed by atoms with Crippen molar-refractivity contribution in [3.05, 3.63) is 29.3 Å². The van der Waals surface area contributed by atoms with Crippen molar-refractivity contribution < 1.29 is 24.2 Å². The number of nitrogens with zero attached hydrogens (tertiary/aromatic N) is 1. The zero-order valence-electron chi connectivity index (χ0n) is 23.8. The molecule has 9 heteroatoms. The highest BCUT2D eigenvalue weighted by Crippen LogP contribution is 2.29. The fraction of sp³-hybridized carbons (Fsp3) is 0.679. The summed E-state index contributed by atoms with van der Waals surface area (Å²) in [6, 6.07) is 2.91. The van der Waals surface area contributed by atoms with Crippen LogP contribution in [0.25, 0.3) is 0 Å². The van der Waals surface area contributed by atoms with Gasteiger partial charge < -0.3 is 25.4 Å². The van der Waals surface area contributed by atoms with Crippen molar-refractivity contribution in [3.8, 4) is 5.75 Å². The first-order valence-electron chi connectivity index (χ1n) is 13.2. The van der Waals surface area contributed by atoms with Crippen molar-refractivity contribution in [2.75, 3.05) is 18.6 Å². The van der Waals surface area contributed by atoms with Crippen LogP contribution >= 0.6 is 11.8 Å². The molecule has 0 aliphatic carbocycles. The van der Waals surface area contributed by atoms with Crippen molar-refractivity contribution in [3.63, 3.8) is 0 Å². The number of rotatable bonds is 14. The summed E-state index contributed by atoms with van der Waals surface area (Å²) in [6.07, 6.45) is 5.15. The largest absolute Gasteiger partial charge is 0.508 e. The van der Waals surface area contributed by atoms with E-state index in [2.05, 4.69) is 17.6 Å². The van der Waals surface area contributed by atoms with Gasteiger partial charge in [0.05, 0.1) is 0 Å². The third-order valence-electron chi connectivity index (χ3n) is 6.06. The van der Waals surface area contributed by atoms with Crippen molar-refractivity contribution in [2.45, 2.75) is 104 Å². The van der Waals surface area contributed by atoms with Gasteiger partial charge in [-0.3, -0.25) is 9.59 Å². The maximum absolute atomic E-state index is 14.1. The molecular weight excluding hydrogens is 490 g/mol. The molecule has 1 aromatic rings. The van der Waals surface area contributed by atoms with Gasteiger partial charge in [-0.05, 0) is 89.1 Å². The van der Waals surface area contributed by atoms with Crippen molar-refractivity contribution in [1.82, 2.24) is 15.5 Å². The number of carbonyl (C=O) groups excluding carboxylic acids is 3. The van der Waals surface area contributed by atoms with E-state index in [1.165, 1.54) is 0 Å². The molecule has 0 aliphatic rings. The summed E-state index contributed by atoms with van der Waals surface area (Å²) in [5.41, 5.74) is 0.513. The lowest BCUT2D eigenvalue weighted by Gasteiger charge is -2.38. The molecule has 0 aliphatic heterocycles. The normalized spacial score (nSPS) is 13.8. The molecule has 0 radical (unpaired) electrons. The number of hydrogen-bond donors (Lipinski definition) is 3. The smallest absolute Gasteiger partial charge is 0.408 e. The average molecular weight is 538 g/mol. The zero-order valence-corrected chi connectivity index (χ0v) is 24.7. The molecule has 0 saturated heterocycles. The highest BCUT2D eigenvalue weighted by molar-refractivity contribution is 7.98. The molecular formula is C28H47N3O5S. The third kappa shape index (κ3) is 10.8. The van der Waals surface area contributed by atoms with Crippen LogP contribution in [0.15, 0.2) is 18.2 Å². The SMILES string of the molecule is CCCCCNC(=O)C(c1ccc(O)c(C)c1)N(C(=O)C(CCSC)NC(=O)OC(C)(C)C)C(C)CC. The number of thioether (sulfide) groups is 1. The minimum atomic E-state index is -0.916. The second-order valence-electron chi connectivity index (χ2n) is 10.4. The summed E-state index contributed by atoms with van der Waals surface area (Å²) in [5, 5.41) is 15.9. The molecule has 0 spiro atoms. The van der Waals surface area contributed by atoms with Crippen LogP contribution in [-0.4, -0.2) is 64.2 Å². The molecule has 3 atom stereocenters. The quantitative estimate of drug-likeness (QED) is 0.277. The lowest BCUT2D eigenvalue weighted by molar-refractivity contribution is -0.145. The van der Waals surface area contributed by atoms with Gasteiger partial charge in [-0.15, -0.1) is 0 Å². The van der Waals surface area contributed by atoms with Gasteiger partial charge in [-0.1, -0.05) is 32.8 Å². The monoisotopic (exact) mass is 537 g/mol. The Hall–Kier alpha value is -2.42. The van der Waals surface area contributed by atoms with E-state index in [1.807, 2.05) is 20.1 Å². The Morgan fingerprint density at radius 3 is 2.38 bits per heavy atom. The van der Waals surface area contributed by atoms with E-state index in [1.54, 1.807) is 62.6 Å². The summed E-state index contributed by atoms with van der Waals surface area (Å²) in [4.78, 5) is 42.0. The van der Waals surface area contributed by atoms with E-state index in [-0.39, 0.29) is 23.6 Å². The number of phenols is 1. The van der Waals surface area contributed by atoms with Crippen molar-refractivity contribution in [1.29, 1.82) is 0 Å². The lowest BCUT2D eigenvalue weighted by atomic mass is 9.97. The molecule has 210 valence electrons. The highest BCUT2D eigenvalue weighted by Gasteiger charge is 2.38. The Kier molecular flexibility index (Phi) is 13.9. The number of phenolic OH excluding ortho intramolecular Hbond substituents is 1. The molecule has 37 heavy (non-hydrogen) atoms. The van der Waals surface area contributed by atoms with Crippen molar-refractivity contribution >= 4 is 29.7 Å². The molecule has 1 aromatic carbocycles. The van der Waals surface area contributed by atoms with Crippen molar-refractivity contribution in [2.24, 2.45) is 0 Å². The van der Waals surface area contributed by atoms with Gasteiger partial charge in [0.25, 0.3) is 0 Å². The predicted octanol–water partition coefficient (Wildman–Crippen LogP) is 5.32. The molecule has 3 unspecified atom stereocenters. The van der Waals surface area contributed by atoms with Crippen LogP contribution in [0.1, 0.15) is 90.8 Å². The predicted molar refractivity (Wildman–Crippen MR) is 151 cm³/mol. The van der Waals surface area contributed by atoms with Gasteiger partial charge in [0.1, 0.15) is 23.4 Å². The minimum Gasteiger partial charge on any atom is -0.508 e. The van der Waals surface area contributed by atoms with Crippen LogP contribution in [0.5, 0.6) is 5.75 Å². The number of benzene rings is 1. The van der Waals surface area contributed by atoms with Crippen LogP contribution in [-0.2, 0) is 14.3 Å². The van der Waals surface area contributed by atoms with Gasteiger partial charge in [-0.2, -0.15) is 11.8 Å². The fourth-order valence-corrected chi connectivity index (χ4v) is 4.36. The number of ether oxygens (including phenoxy) is 1. The van der Waals surface area contributed by atoms with Gasteiger partial charge in [-0.25, -0.2) is 4.79 Å². The lowest BCUT2D eigenvalue weighted by Crippen LogP contribution is -2.55. The van der Waals surface area contributed by atoms with Gasteiger partial charge in [0, 0.05) is 12.6 Å². The Morgan fingerprint density at radius 1 is 1.16 bits per heavy atom. The summed E-state index contributed by atoms with van der Waals surface area (Å²) in [5.74, 6) is 0.147. The Bertz CT molecular complexity index is 887. The van der Waals surface area contributed by atoms with Crippen LogP contribution in [0.3, 0.4) is 0 Å². The maximum Gasteiger partial charge on any atom is 0.408 e. The number of aryl methyl sites for hydroxylation is 1. The molecule has 0 fully saturated rings. The first-order valence-corrected chi connectivity index (χ1v) is 14.6. The number of alkyl carbamates (subject to hydrolysis) is 1. The summed E-state index contributed by atoms with van der Waals surface area (Å²) in [6.45, 7) is 13.5. The average Bonchev–Trinajstić information content (AvgIpc) is 2.82. The molecule has 8 nitrogen and oxygen atoms in total. The number of nitrogens with one attached hydrogen (secondary N) is 2. The third-order valence-corrected chi connectivity index (χ3v) is 6.71. The van der Waals surface area contributed by atoms with E-state index >= 15 is 0 Å². The van der Waals surface area contributed by atoms with E-state index in [9.17, 15) is 19.5 Å². The number of amides is 3. The number of aromatic hydroxyl groups is 1. The molecule has 0 saturated carbocycles. The molecule has 0 bridgehead atoms. The summed E-state index contributed by atoms with van der Waals surface area (Å²) < 4.78 is 5.43. The second kappa shape index (κ2) is 15.7. The molecule has 3 N–H and O–H groups in total. The Morgan fingerprint density at radius 2 is 1.84 bits per heavy atom. The minimum absolute atomic E-state index is 0.122. The standard InChI is InChI=1S/C28H47N3O5S/c1-9-11-12-16-29-25(33)24(21-13-14-23(32)19(3)18-21)31(20(4)10-2)26(34)22(15-17-37-8)30-27(35)36-28(5,6)7/h13-14,18,20,22,24,32H,9-12,15-17H2,1-8H3,(H,29,33)(H,30,35). The first-order chi connectivity index (χ1) is 17.4. The fourth-order valence-electron chi connectivity index (χ4n) is 3.89. The van der Waals surface area contributed by atoms with Crippen LogP contribution in [0.2, 0.25) is 0 Å². The number of carbonyl (C=O) groups is 3. The van der Waals surface area contributed by atoms with Crippen LogP contribution in [0.4, 0.5) is 4.79 Å². The van der Waals surface area contributed by atoms with E-state index < -0.39 is 23.8 Å².